The van der Waals surface area contributed by atoms with Crippen molar-refractivity contribution in [2.75, 3.05) is 0 Å². The predicted octanol–water partition coefficient (Wildman–Crippen LogP) is 15.3. The molecule has 0 aliphatic rings. The Morgan fingerprint density at radius 2 is 0.648 bits per heavy atom. The standard InChI is InChI=1S/C54H34/c1-2-14-35(15-3-1)43-26-12-20-37-28-29-40(33-50(37)43)53-47-24-10-11-25-48(47)54(46-27-13-19-36-16-4-7-21-42(36)46)51-34-41(30-31-49(51)53)52-44-22-8-5-17-38(44)32-39-18-6-9-23-45(39)52/h1-34H. The van der Waals surface area contributed by atoms with Crippen molar-refractivity contribution in [3.63, 3.8) is 0 Å². The molecule has 0 saturated carbocycles. The van der Waals surface area contributed by atoms with Crippen LogP contribution < -0.4 is 0 Å². The second-order valence-electron chi connectivity index (χ2n) is 14.4. The summed E-state index contributed by atoms with van der Waals surface area (Å²) in [5, 5.41) is 15.1. The summed E-state index contributed by atoms with van der Waals surface area (Å²) in [6, 6.07) is 76.2. The van der Waals surface area contributed by atoms with Crippen LogP contribution in [0.25, 0.3) is 109 Å². The van der Waals surface area contributed by atoms with Gasteiger partial charge >= 0.3 is 0 Å². The molecule has 11 rings (SSSR count). The van der Waals surface area contributed by atoms with Crippen LogP contribution in [-0.4, -0.2) is 0 Å². The van der Waals surface area contributed by atoms with Crippen LogP contribution in [0.4, 0.5) is 0 Å². The topological polar surface area (TPSA) is 0 Å². The Morgan fingerprint density at radius 3 is 1.35 bits per heavy atom. The van der Waals surface area contributed by atoms with Gasteiger partial charge in [-0.05, 0) is 127 Å². The molecule has 54 heavy (non-hydrogen) atoms. The van der Waals surface area contributed by atoms with Crippen LogP contribution in [0.5, 0.6) is 0 Å². The summed E-state index contributed by atoms with van der Waals surface area (Å²) in [6.45, 7) is 0. The largest absolute Gasteiger partial charge is 0.0622 e. The summed E-state index contributed by atoms with van der Waals surface area (Å²) in [5.74, 6) is 0. The highest BCUT2D eigenvalue weighted by Crippen LogP contribution is 2.48. The van der Waals surface area contributed by atoms with Crippen LogP contribution in [0.15, 0.2) is 206 Å². The van der Waals surface area contributed by atoms with E-state index in [-0.39, 0.29) is 0 Å². The minimum Gasteiger partial charge on any atom is -0.0622 e. The van der Waals surface area contributed by atoms with Crippen LogP contribution in [0.3, 0.4) is 0 Å². The Bertz CT molecular complexity index is 3200. The summed E-state index contributed by atoms with van der Waals surface area (Å²) < 4.78 is 0. The molecule has 0 fully saturated rings. The van der Waals surface area contributed by atoms with Gasteiger partial charge < -0.3 is 0 Å². The minimum atomic E-state index is 1.22. The molecule has 0 atom stereocenters. The van der Waals surface area contributed by atoms with E-state index < -0.39 is 0 Å². The van der Waals surface area contributed by atoms with Crippen molar-refractivity contribution in [2.24, 2.45) is 0 Å². The molecular formula is C54H34. The lowest BCUT2D eigenvalue weighted by Gasteiger charge is -2.21. The Labute approximate surface area is 314 Å². The number of benzene rings is 11. The molecule has 0 aliphatic carbocycles. The van der Waals surface area contributed by atoms with E-state index in [9.17, 15) is 0 Å². The smallest absolute Gasteiger partial charge is 0.00199 e. The van der Waals surface area contributed by atoms with Crippen LogP contribution in [0.2, 0.25) is 0 Å². The van der Waals surface area contributed by atoms with E-state index in [1.54, 1.807) is 0 Å². The zero-order chi connectivity index (χ0) is 35.6. The van der Waals surface area contributed by atoms with Crippen molar-refractivity contribution >= 4 is 64.6 Å². The average molecular weight is 683 g/mol. The molecular weight excluding hydrogens is 649 g/mol. The molecule has 0 unspecified atom stereocenters. The van der Waals surface area contributed by atoms with Crippen LogP contribution in [0, 0.1) is 0 Å². The van der Waals surface area contributed by atoms with Crippen LogP contribution in [-0.2, 0) is 0 Å². The van der Waals surface area contributed by atoms with Gasteiger partial charge in [-0.25, -0.2) is 0 Å². The Balaban J connectivity index is 1.29. The molecule has 0 amide bonds. The van der Waals surface area contributed by atoms with Crippen molar-refractivity contribution < 1.29 is 0 Å². The molecule has 0 heteroatoms. The Kier molecular flexibility index (Phi) is 6.97. The molecule has 0 N–H and O–H groups in total. The quantitative estimate of drug-likeness (QED) is 0.162. The maximum absolute atomic E-state index is 2.48. The van der Waals surface area contributed by atoms with Crippen LogP contribution >= 0.6 is 0 Å². The molecule has 11 aromatic carbocycles. The normalized spacial score (nSPS) is 11.7. The SMILES string of the molecule is c1ccc(-c2cccc3ccc(-c4c5ccccc5c(-c5cccc6ccccc56)c5cc(-c6c7ccccc7cc7ccccc67)ccc45)cc23)cc1. The van der Waals surface area contributed by atoms with Gasteiger partial charge in [0, 0.05) is 0 Å². The molecule has 11 aromatic rings. The Hall–Kier alpha value is -7.02. The maximum atomic E-state index is 2.48. The first-order valence-electron chi connectivity index (χ1n) is 18.8. The van der Waals surface area contributed by atoms with Gasteiger partial charge in [-0.1, -0.05) is 188 Å². The van der Waals surface area contributed by atoms with Crippen molar-refractivity contribution in [2.45, 2.75) is 0 Å². The third-order valence-corrected chi connectivity index (χ3v) is 11.4. The van der Waals surface area contributed by atoms with Gasteiger partial charge in [0.15, 0.2) is 0 Å². The molecule has 0 aromatic heterocycles. The summed E-state index contributed by atoms with van der Waals surface area (Å²) in [6.07, 6.45) is 0. The molecule has 0 heterocycles. The van der Waals surface area contributed by atoms with E-state index >= 15 is 0 Å². The number of rotatable bonds is 4. The molecule has 0 aliphatic heterocycles. The number of hydrogen-bond donors (Lipinski definition) is 0. The summed E-state index contributed by atoms with van der Waals surface area (Å²) >= 11 is 0. The highest BCUT2D eigenvalue weighted by Gasteiger charge is 2.20. The monoisotopic (exact) mass is 682 g/mol. The van der Waals surface area contributed by atoms with Gasteiger partial charge in [0.25, 0.3) is 0 Å². The lowest BCUT2D eigenvalue weighted by molar-refractivity contribution is 1.64. The van der Waals surface area contributed by atoms with Crippen molar-refractivity contribution in [1.82, 2.24) is 0 Å². The highest BCUT2D eigenvalue weighted by atomic mass is 14.2. The lowest BCUT2D eigenvalue weighted by atomic mass is 9.82. The van der Waals surface area contributed by atoms with Crippen molar-refractivity contribution in [1.29, 1.82) is 0 Å². The Morgan fingerprint density at radius 1 is 0.185 bits per heavy atom. The zero-order valence-electron chi connectivity index (χ0n) is 29.6. The third-order valence-electron chi connectivity index (χ3n) is 11.4. The van der Waals surface area contributed by atoms with E-state index in [1.165, 1.54) is 109 Å². The zero-order valence-corrected chi connectivity index (χ0v) is 29.6. The highest BCUT2D eigenvalue weighted by molar-refractivity contribution is 6.25. The molecule has 0 radical (unpaired) electrons. The fraction of sp³-hybridized carbons (Fsp3) is 0. The van der Waals surface area contributed by atoms with E-state index in [0.29, 0.717) is 0 Å². The average Bonchev–Trinajstić information content (AvgIpc) is 3.24. The second-order valence-corrected chi connectivity index (χ2v) is 14.4. The molecule has 0 spiro atoms. The fourth-order valence-corrected chi connectivity index (χ4v) is 9.00. The minimum absolute atomic E-state index is 1.22. The first-order valence-corrected chi connectivity index (χ1v) is 18.8. The first-order chi connectivity index (χ1) is 26.8. The number of fused-ring (bicyclic) bond motifs is 6. The maximum Gasteiger partial charge on any atom is -0.00199 e. The van der Waals surface area contributed by atoms with Crippen LogP contribution in [0.1, 0.15) is 0 Å². The third kappa shape index (κ3) is 4.78. The van der Waals surface area contributed by atoms with Gasteiger partial charge in [-0.2, -0.15) is 0 Å². The van der Waals surface area contributed by atoms with E-state index in [1.807, 2.05) is 0 Å². The number of hydrogen-bond acceptors (Lipinski definition) is 0. The molecule has 0 bridgehead atoms. The summed E-state index contributed by atoms with van der Waals surface area (Å²) in [4.78, 5) is 0. The van der Waals surface area contributed by atoms with Gasteiger partial charge in [-0.15, -0.1) is 0 Å². The predicted molar refractivity (Wildman–Crippen MR) is 233 cm³/mol. The first kappa shape index (κ1) is 30.6. The summed E-state index contributed by atoms with van der Waals surface area (Å²) in [5.41, 5.74) is 10.0. The lowest BCUT2D eigenvalue weighted by Crippen LogP contribution is -1.93. The molecule has 250 valence electrons. The van der Waals surface area contributed by atoms with Gasteiger partial charge in [-0.3, -0.25) is 0 Å². The van der Waals surface area contributed by atoms with E-state index in [4.69, 9.17) is 0 Å². The summed E-state index contributed by atoms with van der Waals surface area (Å²) in [7, 11) is 0. The van der Waals surface area contributed by atoms with Crippen molar-refractivity contribution in [3.8, 4) is 44.5 Å². The second kappa shape index (κ2) is 12.3. The molecule has 0 saturated heterocycles. The van der Waals surface area contributed by atoms with Gasteiger partial charge in [0.05, 0.1) is 0 Å². The van der Waals surface area contributed by atoms with E-state index in [0.717, 1.165) is 0 Å². The van der Waals surface area contributed by atoms with E-state index in [2.05, 4.69) is 206 Å². The van der Waals surface area contributed by atoms with Gasteiger partial charge in [0.2, 0.25) is 0 Å². The van der Waals surface area contributed by atoms with Gasteiger partial charge in [0.1, 0.15) is 0 Å². The fourth-order valence-electron chi connectivity index (χ4n) is 9.00. The molecule has 0 nitrogen and oxygen atoms in total. The van der Waals surface area contributed by atoms with Crippen molar-refractivity contribution in [3.05, 3.63) is 206 Å².